The minimum atomic E-state index is -0.215. The zero-order valence-corrected chi connectivity index (χ0v) is 16.3. The first-order valence-electron chi connectivity index (χ1n) is 9.62. The lowest BCUT2D eigenvalue weighted by atomic mass is 10.1. The Morgan fingerprint density at radius 1 is 0.893 bits per heavy atom. The van der Waals surface area contributed by atoms with Crippen molar-refractivity contribution >= 4 is 22.5 Å². The van der Waals surface area contributed by atoms with Crippen LogP contribution in [0.4, 0.5) is 10.5 Å². The predicted molar refractivity (Wildman–Crippen MR) is 113 cm³/mol. The van der Waals surface area contributed by atoms with Gasteiger partial charge in [-0.2, -0.15) is 0 Å². The van der Waals surface area contributed by atoms with Crippen LogP contribution in [0.15, 0.2) is 60.7 Å². The molecule has 0 aliphatic rings. The number of nitrogens with one attached hydrogen (secondary N) is 2. The Labute approximate surface area is 165 Å². The molecule has 0 atom stereocenters. The molecule has 0 aliphatic carbocycles. The Bertz CT molecular complexity index is 935. The Morgan fingerprint density at radius 3 is 2.46 bits per heavy atom. The van der Waals surface area contributed by atoms with Crippen LogP contribution < -0.4 is 20.1 Å². The van der Waals surface area contributed by atoms with E-state index in [4.69, 9.17) is 9.47 Å². The van der Waals surface area contributed by atoms with Crippen molar-refractivity contribution in [1.82, 2.24) is 5.32 Å². The highest BCUT2D eigenvalue weighted by Gasteiger charge is 2.08. The highest BCUT2D eigenvalue weighted by Crippen LogP contribution is 2.28. The molecule has 0 saturated carbocycles. The number of benzene rings is 3. The number of anilines is 1. The highest BCUT2D eigenvalue weighted by molar-refractivity contribution is 6.01. The monoisotopic (exact) mass is 378 g/mol. The second-order valence-corrected chi connectivity index (χ2v) is 6.30. The minimum Gasteiger partial charge on any atom is -0.490 e. The average molecular weight is 378 g/mol. The molecule has 0 aliphatic heterocycles. The molecular formula is C23H26N2O3. The molecule has 0 spiro atoms. The van der Waals surface area contributed by atoms with E-state index >= 15 is 0 Å². The average Bonchev–Trinajstić information content (AvgIpc) is 2.70. The van der Waals surface area contributed by atoms with Gasteiger partial charge in [-0.25, -0.2) is 4.79 Å². The van der Waals surface area contributed by atoms with Gasteiger partial charge in [0.25, 0.3) is 0 Å². The van der Waals surface area contributed by atoms with Gasteiger partial charge in [-0.05, 0) is 49.4 Å². The van der Waals surface area contributed by atoms with Crippen LogP contribution in [-0.4, -0.2) is 25.8 Å². The number of hydrogen-bond donors (Lipinski definition) is 2. The Kier molecular flexibility index (Phi) is 6.73. The predicted octanol–water partition coefficient (Wildman–Crippen LogP) is 5.00. The standard InChI is InChI=1S/C23H26N2O3/c1-3-27-21-13-12-17(16-22(21)28-4-2)14-15-24-23(26)25-20-11-7-9-18-8-5-6-10-19(18)20/h5-13,16H,3-4,14-15H2,1-2H3,(H2,24,25,26). The van der Waals surface area contributed by atoms with Gasteiger partial charge < -0.3 is 20.1 Å². The Balaban J connectivity index is 1.57. The number of ether oxygens (including phenoxy) is 2. The summed E-state index contributed by atoms with van der Waals surface area (Å²) in [5.74, 6) is 1.48. The van der Waals surface area contributed by atoms with Crippen molar-refractivity contribution in [2.75, 3.05) is 25.1 Å². The van der Waals surface area contributed by atoms with Crippen molar-refractivity contribution in [2.24, 2.45) is 0 Å². The Morgan fingerprint density at radius 2 is 1.64 bits per heavy atom. The van der Waals surface area contributed by atoms with Crippen molar-refractivity contribution in [3.05, 3.63) is 66.2 Å². The largest absolute Gasteiger partial charge is 0.490 e. The molecule has 0 saturated heterocycles. The van der Waals surface area contributed by atoms with E-state index in [2.05, 4.69) is 10.6 Å². The van der Waals surface area contributed by atoms with Crippen LogP contribution in [0.5, 0.6) is 11.5 Å². The van der Waals surface area contributed by atoms with Crippen molar-refractivity contribution in [3.63, 3.8) is 0 Å². The summed E-state index contributed by atoms with van der Waals surface area (Å²) in [5, 5.41) is 7.96. The molecule has 2 amide bonds. The lowest BCUT2D eigenvalue weighted by molar-refractivity contribution is 0.252. The number of amides is 2. The van der Waals surface area contributed by atoms with Crippen LogP contribution in [0.2, 0.25) is 0 Å². The third-order valence-electron chi connectivity index (χ3n) is 4.34. The molecule has 0 radical (unpaired) electrons. The quantitative estimate of drug-likeness (QED) is 0.580. The van der Waals surface area contributed by atoms with Gasteiger partial charge in [0.05, 0.1) is 18.9 Å². The molecule has 0 aromatic heterocycles. The molecule has 146 valence electrons. The van der Waals surface area contributed by atoms with E-state index in [1.807, 2.05) is 74.5 Å². The maximum absolute atomic E-state index is 12.3. The van der Waals surface area contributed by atoms with Crippen LogP contribution in [0, 0.1) is 0 Å². The molecule has 28 heavy (non-hydrogen) atoms. The zero-order valence-electron chi connectivity index (χ0n) is 16.3. The molecule has 3 aromatic rings. The van der Waals surface area contributed by atoms with Gasteiger partial charge >= 0.3 is 6.03 Å². The molecule has 0 bridgehead atoms. The summed E-state index contributed by atoms with van der Waals surface area (Å²) in [7, 11) is 0. The molecular weight excluding hydrogens is 352 g/mol. The van der Waals surface area contributed by atoms with Gasteiger partial charge in [-0.1, -0.05) is 42.5 Å². The summed E-state index contributed by atoms with van der Waals surface area (Å²) in [6.07, 6.45) is 0.704. The SMILES string of the molecule is CCOc1ccc(CCNC(=O)Nc2cccc3ccccc23)cc1OCC. The number of urea groups is 1. The topological polar surface area (TPSA) is 59.6 Å². The van der Waals surface area contributed by atoms with Crippen molar-refractivity contribution in [1.29, 1.82) is 0 Å². The van der Waals surface area contributed by atoms with Crippen LogP contribution in [0.25, 0.3) is 10.8 Å². The maximum Gasteiger partial charge on any atom is 0.319 e. The van der Waals surface area contributed by atoms with Gasteiger partial charge in [0.15, 0.2) is 11.5 Å². The van der Waals surface area contributed by atoms with Crippen LogP contribution in [0.1, 0.15) is 19.4 Å². The number of fused-ring (bicyclic) bond motifs is 1. The van der Waals surface area contributed by atoms with E-state index in [1.165, 1.54) is 0 Å². The number of hydrogen-bond acceptors (Lipinski definition) is 3. The van der Waals surface area contributed by atoms with Crippen molar-refractivity contribution in [3.8, 4) is 11.5 Å². The molecule has 0 heterocycles. The van der Waals surface area contributed by atoms with Crippen molar-refractivity contribution in [2.45, 2.75) is 20.3 Å². The molecule has 5 heteroatoms. The van der Waals surface area contributed by atoms with Gasteiger partial charge in [0, 0.05) is 11.9 Å². The van der Waals surface area contributed by atoms with Crippen LogP contribution in [0.3, 0.4) is 0 Å². The highest BCUT2D eigenvalue weighted by atomic mass is 16.5. The molecule has 3 rings (SSSR count). The fourth-order valence-corrected chi connectivity index (χ4v) is 3.07. The minimum absolute atomic E-state index is 0.215. The van der Waals surface area contributed by atoms with E-state index in [1.54, 1.807) is 0 Å². The fraction of sp³-hybridized carbons (Fsp3) is 0.261. The first kappa shape index (κ1) is 19.5. The van der Waals surface area contributed by atoms with Gasteiger partial charge in [0.2, 0.25) is 0 Å². The van der Waals surface area contributed by atoms with Gasteiger partial charge in [0.1, 0.15) is 0 Å². The Hall–Kier alpha value is -3.21. The molecule has 5 nitrogen and oxygen atoms in total. The first-order chi connectivity index (χ1) is 13.7. The van der Waals surface area contributed by atoms with E-state index in [0.29, 0.717) is 26.2 Å². The zero-order chi connectivity index (χ0) is 19.8. The summed E-state index contributed by atoms with van der Waals surface area (Å²) in [6, 6.07) is 19.5. The van der Waals surface area contributed by atoms with E-state index in [-0.39, 0.29) is 6.03 Å². The third-order valence-corrected chi connectivity index (χ3v) is 4.34. The molecule has 3 aromatic carbocycles. The summed E-state index contributed by atoms with van der Waals surface area (Å²) < 4.78 is 11.2. The van der Waals surface area contributed by atoms with Crippen LogP contribution in [-0.2, 0) is 6.42 Å². The summed E-state index contributed by atoms with van der Waals surface area (Å²) in [6.45, 7) is 5.59. The number of carbonyl (C=O) groups excluding carboxylic acids is 1. The normalized spacial score (nSPS) is 10.5. The van der Waals surface area contributed by atoms with E-state index in [9.17, 15) is 4.79 Å². The lowest BCUT2D eigenvalue weighted by Gasteiger charge is -2.13. The van der Waals surface area contributed by atoms with E-state index in [0.717, 1.165) is 33.5 Å². The second kappa shape index (κ2) is 9.65. The number of rotatable bonds is 8. The van der Waals surface area contributed by atoms with Crippen molar-refractivity contribution < 1.29 is 14.3 Å². The van der Waals surface area contributed by atoms with Gasteiger partial charge in [-0.3, -0.25) is 0 Å². The lowest BCUT2D eigenvalue weighted by Crippen LogP contribution is -2.30. The molecule has 2 N–H and O–H groups in total. The third kappa shape index (κ3) is 4.94. The second-order valence-electron chi connectivity index (χ2n) is 6.30. The van der Waals surface area contributed by atoms with Gasteiger partial charge in [-0.15, -0.1) is 0 Å². The smallest absolute Gasteiger partial charge is 0.319 e. The molecule has 0 fully saturated rings. The van der Waals surface area contributed by atoms with E-state index < -0.39 is 0 Å². The van der Waals surface area contributed by atoms with Crippen LogP contribution >= 0.6 is 0 Å². The summed E-state index contributed by atoms with van der Waals surface area (Å²) in [5.41, 5.74) is 1.88. The molecule has 0 unspecified atom stereocenters. The number of carbonyl (C=O) groups is 1. The summed E-state index contributed by atoms with van der Waals surface area (Å²) >= 11 is 0. The summed E-state index contributed by atoms with van der Waals surface area (Å²) in [4.78, 5) is 12.3. The maximum atomic E-state index is 12.3. The fourth-order valence-electron chi connectivity index (χ4n) is 3.07. The first-order valence-corrected chi connectivity index (χ1v) is 9.62.